The molecule has 0 aliphatic heterocycles. The van der Waals surface area contributed by atoms with Crippen LogP contribution in [0.2, 0.25) is 0 Å². The Morgan fingerprint density at radius 1 is 1.39 bits per heavy atom. The van der Waals surface area contributed by atoms with Gasteiger partial charge < -0.3 is 9.67 Å². The number of benzene rings is 1. The molecular weight excluding hydrogens is 298 g/mol. The molecule has 1 heterocycles. The van der Waals surface area contributed by atoms with Gasteiger partial charge in [-0.05, 0) is 17.7 Å². The predicted octanol–water partition coefficient (Wildman–Crippen LogP) is 1.62. The Kier molecular flexibility index (Phi) is 4.11. The fourth-order valence-electron chi connectivity index (χ4n) is 1.51. The van der Waals surface area contributed by atoms with Gasteiger partial charge >= 0.3 is 0 Å². The Morgan fingerprint density at radius 3 is 2.78 bits per heavy atom. The van der Waals surface area contributed by atoms with Crippen molar-refractivity contribution in [1.82, 2.24) is 9.55 Å². The highest BCUT2D eigenvalue weighted by atomic mass is 79.9. The fraction of sp³-hybridized carbons (Fsp3) is 0.167. The summed E-state index contributed by atoms with van der Waals surface area (Å²) in [5.41, 5.74) is 1.09. The molecule has 5 nitrogen and oxygen atoms in total. The van der Waals surface area contributed by atoms with Crippen molar-refractivity contribution in [2.24, 2.45) is 0 Å². The molecule has 0 unspecified atom stereocenters. The molecule has 2 N–H and O–H groups in total. The molecule has 0 radical (unpaired) electrons. The first-order valence-electron chi connectivity index (χ1n) is 5.35. The van der Waals surface area contributed by atoms with Crippen molar-refractivity contribution >= 4 is 27.8 Å². The van der Waals surface area contributed by atoms with E-state index in [-0.39, 0.29) is 0 Å². The molecule has 0 aliphatic carbocycles. The van der Waals surface area contributed by atoms with Crippen LogP contribution in [0.1, 0.15) is 5.56 Å². The van der Waals surface area contributed by atoms with Crippen LogP contribution >= 0.6 is 15.9 Å². The molecule has 18 heavy (non-hydrogen) atoms. The van der Waals surface area contributed by atoms with Crippen molar-refractivity contribution in [3.63, 3.8) is 0 Å². The van der Waals surface area contributed by atoms with E-state index >= 15 is 0 Å². The van der Waals surface area contributed by atoms with Crippen molar-refractivity contribution < 1.29 is 9.90 Å². The van der Waals surface area contributed by atoms with Gasteiger partial charge in [-0.15, -0.1) is 0 Å². The van der Waals surface area contributed by atoms with E-state index < -0.39 is 12.5 Å². The van der Waals surface area contributed by atoms with Gasteiger partial charge in [-0.2, -0.15) is 0 Å². The van der Waals surface area contributed by atoms with E-state index in [0.717, 1.165) is 10.0 Å². The summed E-state index contributed by atoms with van der Waals surface area (Å²) in [4.78, 5) is 15.1. The third-order valence-corrected chi connectivity index (χ3v) is 2.91. The average Bonchev–Trinajstić information content (AvgIpc) is 2.79. The fourth-order valence-corrected chi connectivity index (χ4v) is 1.78. The number of nitrogens with zero attached hydrogens (tertiary/aromatic N) is 2. The zero-order chi connectivity index (χ0) is 13.0. The van der Waals surface area contributed by atoms with Gasteiger partial charge in [0.25, 0.3) is 5.91 Å². The van der Waals surface area contributed by atoms with Crippen molar-refractivity contribution in [2.75, 3.05) is 11.9 Å². The number of aliphatic hydroxyl groups is 1. The average molecular weight is 310 g/mol. The minimum Gasteiger partial charge on any atom is -0.387 e. The number of hydrogen-bond donors (Lipinski definition) is 2. The van der Waals surface area contributed by atoms with Crippen molar-refractivity contribution in [2.45, 2.75) is 6.54 Å². The highest BCUT2D eigenvalue weighted by Crippen LogP contribution is 2.13. The Hall–Kier alpha value is -1.66. The van der Waals surface area contributed by atoms with E-state index in [9.17, 15) is 4.79 Å². The SMILES string of the molecule is O=C(CO)Nc1nccn1Cc1ccc(Br)cc1. The zero-order valence-corrected chi connectivity index (χ0v) is 11.1. The number of hydrogen-bond acceptors (Lipinski definition) is 3. The number of nitrogens with one attached hydrogen (secondary N) is 1. The molecular formula is C12H12BrN3O2. The number of rotatable bonds is 4. The second kappa shape index (κ2) is 5.79. The van der Waals surface area contributed by atoms with Crippen LogP contribution in [-0.2, 0) is 11.3 Å². The third-order valence-electron chi connectivity index (χ3n) is 2.38. The van der Waals surface area contributed by atoms with Crippen LogP contribution in [0, 0.1) is 0 Å². The Bertz CT molecular complexity index is 537. The zero-order valence-electron chi connectivity index (χ0n) is 9.51. The summed E-state index contributed by atoms with van der Waals surface area (Å²) in [5.74, 6) is -0.0461. The predicted molar refractivity (Wildman–Crippen MR) is 71.2 cm³/mol. The number of aromatic nitrogens is 2. The molecule has 2 aromatic rings. The van der Waals surface area contributed by atoms with E-state index in [1.165, 1.54) is 0 Å². The van der Waals surface area contributed by atoms with Crippen LogP contribution in [0.25, 0.3) is 0 Å². The van der Waals surface area contributed by atoms with Crippen LogP contribution in [0.5, 0.6) is 0 Å². The lowest BCUT2D eigenvalue weighted by molar-refractivity contribution is -0.118. The van der Waals surface area contributed by atoms with Crippen molar-refractivity contribution in [3.8, 4) is 0 Å². The molecule has 94 valence electrons. The van der Waals surface area contributed by atoms with E-state index in [2.05, 4.69) is 26.2 Å². The largest absolute Gasteiger partial charge is 0.387 e. The van der Waals surface area contributed by atoms with E-state index in [1.54, 1.807) is 17.0 Å². The molecule has 1 amide bonds. The summed E-state index contributed by atoms with van der Waals surface area (Å²) in [7, 11) is 0. The van der Waals surface area contributed by atoms with Crippen molar-refractivity contribution in [3.05, 3.63) is 46.7 Å². The molecule has 1 aromatic carbocycles. The number of aliphatic hydroxyl groups excluding tert-OH is 1. The first-order chi connectivity index (χ1) is 8.69. The molecule has 1 aromatic heterocycles. The van der Waals surface area contributed by atoms with Crippen molar-refractivity contribution in [1.29, 1.82) is 0 Å². The van der Waals surface area contributed by atoms with Gasteiger partial charge in [0.15, 0.2) is 0 Å². The second-order valence-corrected chi connectivity index (χ2v) is 4.63. The van der Waals surface area contributed by atoms with Crippen LogP contribution in [-0.4, -0.2) is 27.2 Å². The number of carbonyl (C=O) groups is 1. The van der Waals surface area contributed by atoms with Crippen LogP contribution in [0.4, 0.5) is 5.95 Å². The number of amides is 1. The lowest BCUT2D eigenvalue weighted by atomic mass is 10.2. The third kappa shape index (κ3) is 3.18. The van der Waals surface area contributed by atoms with Crippen LogP contribution < -0.4 is 5.32 Å². The second-order valence-electron chi connectivity index (χ2n) is 3.71. The van der Waals surface area contributed by atoms with Gasteiger partial charge in [0.1, 0.15) is 6.61 Å². The summed E-state index contributed by atoms with van der Waals surface area (Å²) in [6.45, 7) is 0.0550. The van der Waals surface area contributed by atoms with Crippen LogP contribution in [0.3, 0.4) is 0 Å². The Balaban J connectivity index is 2.12. The number of imidazole rings is 1. The number of halogens is 1. The molecule has 0 atom stereocenters. The van der Waals surface area contributed by atoms with Gasteiger partial charge in [-0.1, -0.05) is 28.1 Å². The lowest BCUT2D eigenvalue weighted by Crippen LogP contribution is -2.18. The maximum atomic E-state index is 11.1. The molecule has 0 saturated carbocycles. The normalized spacial score (nSPS) is 10.3. The molecule has 0 bridgehead atoms. The standard InChI is InChI=1S/C12H12BrN3O2/c13-10-3-1-9(2-4-10)7-16-6-5-14-12(16)15-11(18)8-17/h1-6,17H,7-8H2,(H,14,15,18). The summed E-state index contributed by atoms with van der Waals surface area (Å²) >= 11 is 3.38. The van der Waals surface area contributed by atoms with Crippen LogP contribution in [0.15, 0.2) is 41.1 Å². The van der Waals surface area contributed by atoms with Gasteiger partial charge in [0, 0.05) is 16.9 Å². The summed E-state index contributed by atoms with van der Waals surface area (Å²) in [6.07, 6.45) is 3.38. The van der Waals surface area contributed by atoms with Gasteiger partial charge in [0.05, 0.1) is 6.54 Å². The summed E-state index contributed by atoms with van der Waals surface area (Å²) in [6, 6.07) is 7.89. The lowest BCUT2D eigenvalue weighted by Gasteiger charge is -2.08. The topological polar surface area (TPSA) is 67.2 Å². The van der Waals surface area contributed by atoms with Gasteiger partial charge in [0.2, 0.25) is 5.95 Å². The molecule has 0 aliphatic rings. The maximum absolute atomic E-state index is 11.1. The van der Waals surface area contributed by atoms with Gasteiger partial charge in [-0.25, -0.2) is 4.98 Å². The molecule has 6 heteroatoms. The molecule has 0 spiro atoms. The highest BCUT2D eigenvalue weighted by molar-refractivity contribution is 9.10. The first-order valence-corrected chi connectivity index (χ1v) is 6.14. The maximum Gasteiger partial charge on any atom is 0.252 e. The van der Waals surface area contributed by atoms with Gasteiger partial charge in [-0.3, -0.25) is 10.1 Å². The number of anilines is 1. The minimum absolute atomic E-state index is 0.428. The highest BCUT2D eigenvalue weighted by Gasteiger charge is 2.06. The monoisotopic (exact) mass is 309 g/mol. The molecule has 2 rings (SSSR count). The Labute approximate surface area is 113 Å². The smallest absolute Gasteiger partial charge is 0.252 e. The van der Waals surface area contributed by atoms with E-state index in [0.29, 0.717) is 12.5 Å². The Morgan fingerprint density at radius 2 is 2.11 bits per heavy atom. The minimum atomic E-state index is -0.550. The first kappa shape index (κ1) is 12.8. The quantitative estimate of drug-likeness (QED) is 0.902. The number of carbonyl (C=O) groups excluding carboxylic acids is 1. The molecule has 0 fully saturated rings. The summed E-state index contributed by atoms with van der Waals surface area (Å²) in [5, 5.41) is 11.2. The molecule has 0 saturated heterocycles. The summed E-state index contributed by atoms with van der Waals surface area (Å²) < 4.78 is 2.82. The van der Waals surface area contributed by atoms with E-state index in [1.807, 2.05) is 24.3 Å². The van der Waals surface area contributed by atoms with E-state index in [4.69, 9.17) is 5.11 Å².